The van der Waals surface area contributed by atoms with Crippen LogP contribution < -0.4 is 4.74 Å². The van der Waals surface area contributed by atoms with Crippen molar-refractivity contribution >= 4 is 0 Å². The zero-order chi connectivity index (χ0) is 16.4. The molecular weight excluding hydrogens is 288 g/mol. The maximum absolute atomic E-state index is 11.1. The van der Waals surface area contributed by atoms with E-state index in [9.17, 15) is 10.2 Å². The number of aliphatic hydroxyl groups is 1. The summed E-state index contributed by atoms with van der Waals surface area (Å²) >= 11 is 0. The Morgan fingerprint density at radius 2 is 1.87 bits per heavy atom. The standard InChI is InChI=1S/C20H22O3/c1-20(2)15-7-5-4-6-12(15)18-16(20)10-13-14(19(18)22)8-11(23-3)9-17(13)21/h4-9,16,18-19,21-22H,10H2,1-3H3/t16-,18+,19-/m1/s1. The van der Waals surface area contributed by atoms with Gasteiger partial charge in [0.25, 0.3) is 0 Å². The van der Waals surface area contributed by atoms with Gasteiger partial charge in [-0.3, -0.25) is 0 Å². The minimum absolute atomic E-state index is 0.0215. The first-order valence-corrected chi connectivity index (χ1v) is 8.12. The molecule has 0 saturated heterocycles. The number of aromatic hydroxyl groups is 1. The second-order valence-corrected chi connectivity index (χ2v) is 7.30. The highest BCUT2D eigenvalue weighted by Gasteiger charge is 2.51. The first kappa shape index (κ1) is 14.6. The first-order chi connectivity index (χ1) is 10.9. The molecule has 2 aromatic carbocycles. The van der Waals surface area contributed by atoms with Crippen LogP contribution in [0.4, 0.5) is 0 Å². The third kappa shape index (κ3) is 1.86. The number of aliphatic hydroxyl groups excluding tert-OH is 1. The van der Waals surface area contributed by atoms with E-state index in [4.69, 9.17) is 4.74 Å². The van der Waals surface area contributed by atoms with Crippen molar-refractivity contribution in [2.24, 2.45) is 5.92 Å². The van der Waals surface area contributed by atoms with Crippen LogP contribution in [0.25, 0.3) is 0 Å². The second-order valence-electron chi connectivity index (χ2n) is 7.30. The molecule has 120 valence electrons. The van der Waals surface area contributed by atoms with E-state index in [1.807, 2.05) is 12.1 Å². The third-order valence-corrected chi connectivity index (χ3v) is 5.93. The van der Waals surface area contributed by atoms with E-state index in [0.717, 1.165) is 17.5 Å². The Morgan fingerprint density at radius 3 is 2.61 bits per heavy atom. The number of ether oxygens (including phenoxy) is 1. The molecule has 2 aliphatic carbocycles. The lowest BCUT2D eigenvalue weighted by Gasteiger charge is -2.39. The summed E-state index contributed by atoms with van der Waals surface area (Å²) in [5.74, 6) is 1.16. The van der Waals surface area contributed by atoms with Crippen molar-refractivity contribution in [3.63, 3.8) is 0 Å². The molecule has 4 rings (SSSR count). The number of phenolic OH excluding ortho intramolecular Hbond substituents is 1. The van der Waals surface area contributed by atoms with Gasteiger partial charge in [0.05, 0.1) is 13.2 Å². The predicted octanol–water partition coefficient (Wildman–Crippen LogP) is 3.68. The van der Waals surface area contributed by atoms with E-state index >= 15 is 0 Å². The Balaban J connectivity index is 1.91. The van der Waals surface area contributed by atoms with Crippen LogP contribution in [-0.2, 0) is 11.8 Å². The van der Waals surface area contributed by atoms with Gasteiger partial charge in [-0.25, -0.2) is 0 Å². The summed E-state index contributed by atoms with van der Waals surface area (Å²) in [4.78, 5) is 0. The monoisotopic (exact) mass is 310 g/mol. The molecule has 23 heavy (non-hydrogen) atoms. The maximum atomic E-state index is 11.1. The van der Waals surface area contributed by atoms with Crippen molar-refractivity contribution in [1.82, 2.24) is 0 Å². The Hall–Kier alpha value is -2.00. The van der Waals surface area contributed by atoms with Gasteiger partial charge in [-0.1, -0.05) is 38.1 Å². The minimum atomic E-state index is -0.618. The van der Waals surface area contributed by atoms with Crippen LogP contribution in [0.15, 0.2) is 36.4 Å². The van der Waals surface area contributed by atoms with Crippen molar-refractivity contribution < 1.29 is 14.9 Å². The molecule has 2 aliphatic rings. The fourth-order valence-corrected chi connectivity index (χ4v) is 4.68. The van der Waals surface area contributed by atoms with Gasteiger partial charge >= 0.3 is 0 Å². The van der Waals surface area contributed by atoms with Crippen LogP contribution >= 0.6 is 0 Å². The smallest absolute Gasteiger partial charge is 0.122 e. The van der Waals surface area contributed by atoms with Gasteiger partial charge in [0, 0.05) is 17.5 Å². The first-order valence-electron chi connectivity index (χ1n) is 8.12. The molecule has 0 radical (unpaired) electrons. The summed E-state index contributed by atoms with van der Waals surface area (Å²) in [5, 5.41) is 21.5. The van der Waals surface area contributed by atoms with Gasteiger partial charge in [0.1, 0.15) is 11.5 Å². The van der Waals surface area contributed by atoms with Crippen molar-refractivity contribution in [3.05, 3.63) is 58.7 Å². The number of hydrogen-bond acceptors (Lipinski definition) is 3. The lowest BCUT2D eigenvalue weighted by atomic mass is 9.66. The molecule has 0 aliphatic heterocycles. The van der Waals surface area contributed by atoms with Crippen LogP contribution in [0.2, 0.25) is 0 Å². The highest BCUT2D eigenvalue weighted by Crippen LogP contribution is 2.59. The van der Waals surface area contributed by atoms with Crippen molar-refractivity contribution in [2.45, 2.75) is 37.7 Å². The number of hydrogen-bond donors (Lipinski definition) is 2. The topological polar surface area (TPSA) is 49.7 Å². The lowest BCUT2D eigenvalue weighted by Crippen LogP contribution is -2.34. The van der Waals surface area contributed by atoms with E-state index in [2.05, 4.69) is 32.0 Å². The molecule has 0 spiro atoms. The Labute approximate surface area is 136 Å². The van der Waals surface area contributed by atoms with Crippen molar-refractivity contribution in [3.8, 4) is 11.5 Å². The summed E-state index contributed by atoms with van der Waals surface area (Å²) in [7, 11) is 1.58. The van der Waals surface area contributed by atoms with E-state index < -0.39 is 6.10 Å². The highest BCUT2D eigenvalue weighted by atomic mass is 16.5. The number of benzene rings is 2. The van der Waals surface area contributed by atoms with Crippen LogP contribution in [0.5, 0.6) is 11.5 Å². The van der Waals surface area contributed by atoms with E-state index in [0.29, 0.717) is 5.75 Å². The molecule has 2 aromatic rings. The quantitative estimate of drug-likeness (QED) is 0.845. The van der Waals surface area contributed by atoms with Crippen molar-refractivity contribution in [1.29, 1.82) is 0 Å². The fraction of sp³-hybridized carbons (Fsp3) is 0.400. The molecule has 0 unspecified atom stereocenters. The van der Waals surface area contributed by atoms with Gasteiger partial charge in [0.15, 0.2) is 0 Å². The molecule has 0 amide bonds. The number of fused-ring (bicyclic) bond motifs is 4. The average Bonchev–Trinajstić information content (AvgIpc) is 2.77. The average molecular weight is 310 g/mol. The normalized spacial score (nSPS) is 27.0. The number of phenols is 1. The summed E-state index contributed by atoms with van der Waals surface area (Å²) in [6.07, 6.45) is 0.154. The molecule has 3 heteroatoms. The molecule has 3 atom stereocenters. The molecular formula is C20H22O3. The third-order valence-electron chi connectivity index (χ3n) is 5.93. The molecule has 0 bridgehead atoms. The summed E-state index contributed by atoms with van der Waals surface area (Å²) in [5.41, 5.74) is 4.19. The van der Waals surface area contributed by atoms with Gasteiger partial charge in [0.2, 0.25) is 0 Å². The highest BCUT2D eigenvalue weighted by molar-refractivity contribution is 5.54. The summed E-state index contributed by atoms with van der Waals surface area (Å²) < 4.78 is 5.26. The number of rotatable bonds is 1. The molecule has 3 nitrogen and oxygen atoms in total. The SMILES string of the molecule is COc1cc(O)c2c(c1)[C@@H](O)[C@H]1c3ccccc3C(C)(C)[C@@H]1C2. The zero-order valence-electron chi connectivity index (χ0n) is 13.7. The van der Waals surface area contributed by atoms with E-state index in [-0.39, 0.29) is 23.0 Å². The van der Waals surface area contributed by atoms with Gasteiger partial charge in [-0.15, -0.1) is 0 Å². The van der Waals surface area contributed by atoms with Crippen LogP contribution in [0.3, 0.4) is 0 Å². The van der Waals surface area contributed by atoms with Crippen LogP contribution in [0.1, 0.15) is 48.1 Å². The second kappa shape index (κ2) is 4.75. The maximum Gasteiger partial charge on any atom is 0.122 e. The van der Waals surface area contributed by atoms with Gasteiger partial charge in [-0.05, 0) is 40.5 Å². The summed E-state index contributed by atoms with van der Waals surface area (Å²) in [6.45, 7) is 4.49. The van der Waals surface area contributed by atoms with Crippen LogP contribution in [-0.4, -0.2) is 17.3 Å². The molecule has 0 fully saturated rings. The Kier molecular flexibility index (Phi) is 3.01. The fourth-order valence-electron chi connectivity index (χ4n) is 4.68. The molecule has 2 N–H and O–H groups in total. The van der Waals surface area contributed by atoms with Gasteiger partial charge in [-0.2, -0.15) is 0 Å². The Morgan fingerprint density at radius 1 is 1.13 bits per heavy atom. The molecule has 0 saturated carbocycles. The molecule has 0 heterocycles. The summed E-state index contributed by atoms with van der Waals surface area (Å²) in [6, 6.07) is 11.9. The van der Waals surface area contributed by atoms with E-state index in [1.54, 1.807) is 13.2 Å². The number of methoxy groups -OCH3 is 1. The largest absolute Gasteiger partial charge is 0.508 e. The molecule has 0 aromatic heterocycles. The van der Waals surface area contributed by atoms with E-state index in [1.165, 1.54) is 11.1 Å². The van der Waals surface area contributed by atoms with Gasteiger partial charge < -0.3 is 14.9 Å². The minimum Gasteiger partial charge on any atom is -0.508 e. The Bertz CT molecular complexity index is 778. The van der Waals surface area contributed by atoms with Crippen LogP contribution in [0, 0.1) is 5.92 Å². The zero-order valence-corrected chi connectivity index (χ0v) is 13.7. The predicted molar refractivity (Wildman–Crippen MR) is 89.0 cm³/mol. The lowest BCUT2D eigenvalue weighted by molar-refractivity contribution is 0.0899. The van der Waals surface area contributed by atoms with Crippen molar-refractivity contribution in [2.75, 3.05) is 7.11 Å².